The van der Waals surface area contributed by atoms with Crippen molar-refractivity contribution < 1.29 is 4.79 Å². The van der Waals surface area contributed by atoms with Crippen LogP contribution in [0.4, 0.5) is 0 Å². The number of halogens is 1. The van der Waals surface area contributed by atoms with Crippen LogP contribution < -0.4 is 0 Å². The Bertz CT molecular complexity index is 394. The van der Waals surface area contributed by atoms with Crippen LogP contribution >= 0.6 is 11.6 Å². The first-order valence-electron chi connectivity index (χ1n) is 6.47. The summed E-state index contributed by atoms with van der Waals surface area (Å²) < 4.78 is 1.70. The summed E-state index contributed by atoms with van der Waals surface area (Å²) in [5.74, 6) is 0.703. The minimum absolute atomic E-state index is 0.154. The number of nitrogens with zero attached hydrogens (tertiary/aromatic N) is 2. The molecular formula is C13H19ClN2O. The molecule has 1 fully saturated rings. The van der Waals surface area contributed by atoms with Crippen molar-refractivity contribution in [1.82, 2.24) is 9.78 Å². The molecule has 0 bridgehead atoms. The summed E-state index contributed by atoms with van der Waals surface area (Å²) in [6, 6.07) is 0. The molecule has 94 valence electrons. The fourth-order valence-electron chi connectivity index (χ4n) is 2.63. The molecule has 2 rings (SSSR count). The Kier molecular flexibility index (Phi) is 4.21. The zero-order valence-electron chi connectivity index (χ0n) is 10.3. The molecule has 0 unspecified atom stereocenters. The molecule has 1 aromatic rings. The molecule has 1 aliphatic rings. The predicted molar refractivity (Wildman–Crippen MR) is 68.4 cm³/mol. The van der Waals surface area contributed by atoms with E-state index >= 15 is 0 Å². The molecule has 1 saturated carbocycles. The summed E-state index contributed by atoms with van der Waals surface area (Å²) in [5, 5.41) is 4.61. The van der Waals surface area contributed by atoms with Crippen LogP contribution in [0.1, 0.15) is 55.9 Å². The van der Waals surface area contributed by atoms with Gasteiger partial charge in [0.15, 0.2) is 5.78 Å². The molecule has 1 aliphatic carbocycles. The minimum atomic E-state index is 0.154. The molecule has 0 N–H and O–H groups in total. The fraction of sp³-hybridized carbons (Fsp3) is 0.692. The van der Waals surface area contributed by atoms with Gasteiger partial charge in [0.25, 0.3) is 0 Å². The van der Waals surface area contributed by atoms with E-state index in [2.05, 4.69) is 5.10 Å². The largest absolute Gasteiger partial charge is 0.292 e. The van der Waals surface area contributed by atoms with E-state index in [9.17, 15) is 4.79 Å². The number of rotatable bonds is 4. The van der Waals surface area contributed by atoms with Gasteiger partial charge in [0.05, 0.1) is 11.2 Å². The SMILES string of the molecule is CCn1ncc(Cl)c1C(=O)CC1CCCCC1. The molecule has 0 atom stereocenters. The summed E-state index contributed by atoms with van der Waals surface area (Å²) in [4.78, 5) is 12.2. The van der Waals surface area contributed by atoms with Gasteiger partial charge < -0.3 is 0 Å². The summed E-state index contributed by atoms with van der Waals surface area (Å²) in [7, 11) is 0. The highest BCUT2D eigenvalue weighted by Gasteiger charge is 2.22. The van der Waals surface area contributed by atoms with Crippen LogP contribution in [-0.2, 0) is 6.54 Å². The first-order chi connectivity index (χ1) is 8.22. The van der Waals surface area contributed by atoms with E-state index in [1.165, 1.54) is 32.1 Å². The first-order valence-corrected chi connectivity index (χ1v) is 6.84. The Morgan fingerprint density at radius 2 is 2.18 bits per heavy atom. The number of ketones is 1. The average Bonchev–Trinajstić information content (AvgIpc) is 2.71. The molecule has 0 spiro atoms. The number of carbonyl (C=O) groups is 1. The molecule has 0 radical (unpaired) electrons. The summed E-state index contributed by atoms with van der Waals surface area (Å²) >= 11 is 6.03. The van der Waals surface area contributed by atoms with Crippen molar-refractivity contribution in [3.05, 3.63) is 16.9 Å². The predicted octanol–water partition coefficient (Wildman–Crippen LogP) is 3.71. The van der Waals surface area contributed by atoms with Crippen molar-refractivity contribution in [2.75, 3.05) is 0 Å². The third-order valence-electron chi connectivity index (χ3n) is 3.56. The van der Waals surface area contributed by atoms with E-state index in [1.54, 1.807) is 10.9 Å². The van der Waals surface area contributed by atoms with Crippen LogP contribution in [-0.4, -0.2) is 15.6 Å². The smallest absolute Gasteiger partial charge is 0.182 e. The molecule has 4 heteroatoms. The lowest BCUT2D eigenvalue weighted by Gasteiger charge is -2.20. The van der Waals surface area contributed by atoms with Crippen LogP contribution in [0.5, 0.6) is 0 Å². The van der Waals surface area contributed by atoms with Crippen LogP contribution in [0, 0.1) is 5.92 Å². The van der Waals surface area contributed by atoms with Crippen LogP contribution in [0.3, 0.4) is 0 Å². The fourth-order valence-corrected chi connectivity index (χ4v) is 2.88. The van der Waals surface area contributed by atoms with Gasteiger partial charge in [0.1, 0.15) is 5.69 Å². The van der Waals surface area contributed by atoms with E-state index in [0.29, 0.717) is 29.6 Å². The first kappa shape index (κ1) is 12.6. The Balaban J connectivity index is 2.05. The van der Waals surface area contributed by atoms with Crippen molar-refractivity contribution in [2.45, 2.75) is 52.0 Å². The number of hydrogen-bond donors (Lipinski definition) is 0. The van der Waals surface area contributed by atoms with Gasteiger partial charge in [-0.05, 0) is 12.8 Å². The maximum Gasteiger partial charge on any atom is 0.182 e. The zero-order valence-corrected chi connectivity index (χ0v) is 11.0. The molecule has 1 heterocycles. The lowest BCUT2D eigenvalue weighted by Crippen LogP contribution is -2.16. The van der Waals surface area contributed by atoms with E-state index in [0.717, 1.165) is 0 Å². The Morgan fingerprint density at radius 1 is 1.47 bits per heavy atom. The normalized spacial score (nSPS) is 17.3. The second-order valence-electron chi connectivity index (χ2n) is 4.79. The maximum atomic E-state index is 12.2. The van der Waals surface area contributed by atoms with Crippen molar-refractivity contribution in [1.29, 1.82) is 0 Å². The Morgan fingerprint density at radius 3 is 2.82 bits per heavy atom. The zero-order chi connectivity index (χ0) is 12.3. The van der Waals surface area contributed by atoms with Gasteiger partial charge in [0.2, 0.25) is 0 Å². The van der Waals surface area contributed by atoms with Crippen molar-refractivity contribution in [2.24, 2.45) is 5.92 Å². The van der Waals surface area contributed by atoms with Gasteiger partial charge in [-0.15, -0.1) is 0 Å². The van der Waals surface area contributed by atoms with Gasteiger partial charge >= 0.3 is 0 Å². The molecule has 0 aromatic carbocycles. The molecule has 3 nitrogen and oxygen atoms in total. The second-order valence-corrected chi connectivity index (χ2v) is 5.20. The van der Waals surface area contributed by atoms with E-state index in [-0.39, 0.29) is 5.78 Å². The highest BCUT2D eigenvalue weighted by molar-refractivity contribution is 6.33. The van der Waals surface area contributed by atoms with Gasteiger partial charge in [-0.3, -0.25) is 9.48 Å². The standard InChI is InChI=1S/C13H19ClN2O/c1-2-16-13(11(14)9-15-16)12(17)8-10-6-4-3-5-7-10/h9-10H,2-8H2,1H3. The third-order valence-corrected chi connectivity index (χ3v) is 3.83. The molecule has 17 heavy (non-hydrogen) atoms. The number of hydrogen-bond acceptors (Lipinski definition) is 2. The van der Waals surface area contributed by atoms with Gasteiger partial charge in [-0.1, -0.05) is 43.7 Å². The maximum absolute atomic E-state index is 12.2. The molecule has 0 aliphatic heterocycles. The Labute approximate surface area is 107 Å². The summed E-state index contributed by atoms with van der Waals surface area (Å²) in [6.07, 6.45) is 8.41. The average molecular weight is 255 g/mol. The van der Waals surface area contributed by atoms with E-state index < -0.39 is 0 Å². The van der Waals surface area contributed by atoms with Crippen LogP contribution in [0.15, 0.2) is 6.20 Å². The lowest BCUT2D eigenvalue weighted by molar-refractivity contribution is 0.0940. The number of carbonyl (C=O) groups excluding carboxylic acids is 1. The van der Waals surface area contributed by atoms with Gasteiger partial charge in [-0.25, -0.2) is 0 Å². The summed E-state index contributed by atoms with van der Waals surface area (Å²) in [6.45, 7) is 2.67. The molecular weight excluding hydrogens is 236 g/mol. The highest BCUT2D eigenvalue weighted by atomic mass is 35.5. The van der Waals surface area contributed by atoms with Crippen molar-refractivity contribution in [3.63, 3.8) is 0 Å². The number of aryl methyl sites for hydroxylation is 1. The highest BCUT2D eigenvalue weighted by Crippen LogP contribution is 2.28. The van der Waals surface area contributed by atoms with E-state index in [4.69, 9.17) is 11.6 Å². The van der Waals surface area contributed by atoms with Crippen molar-refractivity contribution in [3.8, 4) is 0 Å². The molecule has 1 aromatic heterocycles. The van der Waals surface area contributed by atoms with Crippen LogP contribution in [0.2, 0.25) is 5.02 Å². The van der Waals surface area contributed by atoms with Gasteiger partial charge in [0, 0.05) is 13.0 Å². The molecule has 0 amide bonds. The third kappa shape index (κ3) is 2.89. The minimum Gasteiger partial charge on any atom is -0.292 e. The number of Topliss-reactive ketones (excluding diaryl/α,β-unsaturated/α-hetero) is 1. The van der Waals surface area contributed by atoms with Crippen LogP contribution in [0.25, 0.3) is 0 Å². The second kappa shape index (κ2) is 5.67. The van der Waals surface area contributed by atoms with E-state index in [1.807, 2.05) is 6.92 Å². The summed E-state index contributed by atoms with van der Waals surface area (Å²) in [5.41, 5.74) is 0.597. The lowest BCUT2D eigenvalue weighted by atomic mass is 9.85. The molecule has 0 saturated heterocycles. The topological polar surface area (TPSA) is 34.9 Å². The quantitative estimate of drug-likeness (QED) is 0.768. The monoisotopic (exact) mass is 254 g/mol. The number of aromatic nitrogens is 2. The van der Waals surface area contributed by atoms with Crippen molar-refractivity contribution >= 4 is 17.4 Å². The van der Waals surface area contributed by atoms with Gasteiger partial charge in [-0.2, -0.15) is 5.10 Å². The Hall–Kier alpha value is -0.830.